The number of aryl methyl sites for hydroxylation is 1. The fourth-order valence-electron chi connectivity index (χ4n) is 4.52. The van der Waals surface area contributed by atoms with E-state index in [1.807, 2.05) is 7.05 Å². The predicted molar refractivity (Wildman–Crippen MR) is 114 cm³/mol. The molecule has 2 heterocycles. The first kappa shape index (κ1) is 20.5. The Morgan fingerprint density at radius 3 is 2.83 bits per heavy atom. The molecule has 2 aromatic rings. The Kier molecular flexibility index (Phi) is 6.32. The summed E-state index contributed by atoms with van der Waals surface area (Å²) in [6.07, 6.45) is 7.86. The largest absolute Gasteiger partial charge is 0.474 e. The van der Waals surface area contributed by atoms with Gasteiger partial charge < -0.3 is 20.5 Å². The molecule has 4 rings (SSSR count). The van der Waals surface area contributed by atoms with E-state index in [0.29, 0.717) is 18.3 Å². The molecule has 7 nitrogen and oxygen atoms in total. The van der Waals surface area contributed by atoms with E-state index in [2.05, 4.69) is 20.6 Å². The lowest BCUT2D eigenvalue weighted by molar-refractivity contribution is -0.121. The zero-order chi connectivity index (χ0) is 20.4. The minimum atomic E-state index is -0.536. The maximum absolute atomic E-state index is 12.3. The van der Waals surface area contributed by atoms with E-state index in [1.54, 1.807) is 24.6 Å². The maximum Gasteiger partial charge on any atom is 0.225 e. The maximum atomic E-state index is 12.3. The normalized spacial score (nSPS) is 25.0. The molecule has 1 amide bonds. The van der Waals surface area contributed by atoms with Crippen LogP contribution < -0.4 is 15.4 Å². The van der Waals surface area contributed by atoms with E-state index >= 15 is 0 Å². The molecule has 2 aliphatic rings. The standard InChI is InChI=1S/C21H30N4O3S/c1-12(26)10-23-17(27)9-13-3-8-16-18(13)19-20(24-11-25-21(19)29-16)28-15-6-4-14(22-2)5-7-15/h11-15,22,26H,3-10H2,1-2H3,(H,23,27)/t12-,13-,14?,15?/m1/s1. The second-order valence-electron chi connectivity index (χ2n) is 8.27. The molecule has 0 aromatic carbocycles. The molecule has 158 valence electrons. The van der Waals surface area contributed by atoms with Crippen molar-refractivity contribution in [1.29, 1.82) is 0 Å². The van der Waals surface area contributed by atoms with Gasteiger partial charge in [0.25, 0.3) is 0 Å². The van der Waals surface area contributed by atoms with Crippen molar-refractivity contribution in [2.45, 2.75) is 76.0 Å². The van der Waals surface area contributed by atoms with Crippen molar-refractivity contribution >= 4 is 27.5 Å². The molecule has 0 aliphatic heterocycles. The van der Waals surface area contributed by atoms with Gasteiger partial charge in [-0.15, -0.1) is 11.3 Å². The van der Waals surface area contributed by atoms with Crippen LogP contribution in [0, 0.1) is 0 Å². The van der Waals surface area contributed by atoms with Crippen molar-refractivity contribution in [3.05, 3.63) is 16.8 Å². The summed E-state index contributed by atoms with van der Waals surface area (Å²) < 4.78 is 6.37. The van der Waals surface area contributed by atoms with E-state index in [-0.39, 0.29) is 24.5 Å². The van der Waals surface area contributed by atoms with Gasteiger partial charge in [0.1, 0.15) is 17.3 Å². The highest BCUT2D eigenvalue weighted by atomic mass is 32.1. The topological polar surface area (TPSA) is 96.4 Å². The number of hydrogen-bond acceptors (Lipinski definition) is 7. The molecule has 2 aromatic heterocycles. The summed E-state index contributed by atoms with van der Waals surface area (Å²) in [5, 5.41) is 16.6. The van der Waals surface area contributed by atoms with Gasteiger partial charge in [0.15, 0.2) is 0 Å². The quantitative estimate of drug-likeness (QED) is 0.639. The lowest BCUT2D eigenvalue weighted by Gasteiger charge is -2.28. The van der Waals surface area contributed by atoms with Crippen molar-refractivity contribution in [3.63, 3.8) is 0 Å². The van der Waals surface area contributed by atoms with Gasteiger partial charge in [-0.1, -0.05) is 0 Å². The highest BCUT2D eigenvalue weighted by Gasteiger charge is 2.32. The summed E-state index contributed by atoms with van der Waals surface area (Å²) in [7, 11) is 2.02. The highest BCUT2D eigenvalue weighted by Crippen LogP contribution is 2.47. The van der Waals surface area contributed by atoms with E-state index in [0.717, 1.165) is 48.7 Å². The number of amides is 1. The second kappa shape index (κ2) is 8.93. The molecule has 8 heteroatoms. The zero-order valence-electron chi connectivity index (χ0n) is 17.1. The van der Waals surface area contributed by atoms with Crippen molar-refractivity contribution in [3.8, 4) is 5.88 Å². The van der Waals surface area contributed by atoms with Gasteiger partial charge in [-0.3, -0.25) is 4.79 Å². The van der Waals surface area contributed by atoms with Gasteiger partial charge in [-0.2, -0.15) is 0 Å². The number of aliphatic hydroxyl groups excluding tert-OH is 1. The Labute approximate surface area is 175 Å². The highest BCUT2D eigenvalue weighted by molar-refractivity contribution is 7.19. The average Bonchev–Trinajstić information content (AvgIpc) is 3.27. The van der Waals surface area contributed by atoms with Gasteiger partial charge in [0, 0.05) is 23.9 Å². The smallest absolute Gasteiger partial charge is 0.225 e. The summed E-state index contributed by atoms with van der Waals surface area (Å²) >= 11 is 1.70. The van der Waals surface area contributed by atoms with Crippen LogP contribution in [0.5, 0.6) is 5.88 Å². The number of rotatable bonds is 7. The summed E-state index contributed by atoms with van der Waals surface area (Å²) in [5.41, 5.74) is 1.21. The van der Waals surface area contributed by atoms with Crippen LogP contribution >= 0.6 is 11.3 Å². The predicted octanol–water partition coefficient (Wildman–Crippen LogP) is 2.52. The molecule has 0 radical (unpaired) electrons. The van der Waals surface area contributed by atoms with Crippen molar-refractivity contribution in [2.24, 2.45) is 0 Å². The van der Waals surface area contributed by atoms with Crippen LogP contribution in [0.2, 0.25) is 0 Å². The summed E-state index contributed by atoms with van der Waals surface area (Å²) in [5.74, 6) is 0.811. The molecule has 0 unspecified atom stereocenters. The molecule has 1 saturated carbocycles. The number of carbonyl (C=O) groups excluding carboxylic acids is 1. The number of carbonyl (C=O) groups is 1. The number of thiophene rings is 1. The number of nitrogens with zero attached hydrogens (tertiary/aromatic N) is 2. The van der Waals surface area contributed by atoms with Gasteiger partial charge in [0.05, 0.1) is 11.5 Å². The SMILES string of the molecule is CNC1CCC(Oc2ncnc3sc4c(c23)[C@@H](CC(=O)NC[C@@H](C)O)CC4)CC1. The molecular weight excluding hydrogens is 388 g/mol. The third kappa shape index (κ3) is 4.54. The first-order valence-corrected chi connectivity index (χ1v) is 11.4. The van der Waals surface area contributed by atoms with E-state index in [9.17, 15) is 9.90 Å². The van der Waals surface area contributed by atoms with Gasteiger partial charge in [-0.05, 0) is 64.0 Å². The Hall–Kier alpha value is -1.77. The van der Waals surface area contributed by atoms with Crippen LogP contribution in [-0.2, 0) is 11.2 Å². The fraction of sp³-hybridized carbons (Fsp3) is 0.667. The van der Waals surface area contributed by atoms with Crippen LogP contribution in [0.15, 0.2) is 6.33 Å². The third-order valence-corrected chi connectivity index (χ3v) is 7.26. The number of fused-ring (bicyclic) bond motifs is 3. The van der Waals surface area contributed by atoms with Crippen LogP contribution in [0.1, 0.15) is 61.8 Å². The average molecular weight is 419 g/mol. The lowest BCUT2D eigenvalue weighted by atomic mass is 9.93. The van der Waals surface area contributed by atoms with Crippen molar-refractivity contribution in [1.82, 2.24) is 20.6 Å². The Morgan fingerprint density at radius 1 is 1.31 bits per heavy atom. The Bertz CT molecular complexity index is 861. The summed E-state index contributed by atoms with van der Waals surface area (Å²) in [6.45, 7) is 1.96. The first-order chi connectivity index (χ1) is 14.0. The minimum Gasteiger partial charge on any atom is -0.474 e. The van der Waals surface area contributed by atoms with Gasteiger partial charge >= 0.3 is 0 Å². The molecule has 29 heavy (non-hydrogen) atoms. The number of aliphatic hydroxyl groups is 1. The summed E-state index contributed by atoms with van der Waals surface area (Å²) in [6, 6.07) is 0.579. The molecule has 0 spiro atoms. The van der Waals surface area contributed by atoms with Gasteiger partial charge in [-0.25, -0.2) is 9.97 Å². The van der Waals surface area contributed by atoms with Crippen molar-refractivity contribution < 1.29 is 14.6 Å². The molecule has 0 saturated heterocycles. The molecule has 3 N–H and O–H groups in total. The molecule has 1 fully saturated rings. The minimum absolute atomic E-state index is 0.0206. The zero-order valence-corrected chi connectivity index (χ0v) is 17.9. The first-order valence-electron chi connectivity index (χ1n) is 10.6. The fourth-order valence-corrected chi connectivity index (χ4v) is 5.75. The molecule has 2 atom stereocenters. The molecular formula is C21H30N4O3S. The van der Waals surface area contributed by atoms with Crippen LogP contribution in [0.25, 0.3) is 10.2 Å². The number of aromatic nitrogens is 2. The monoisotopic (exact) mass is 418 g/mol. The Morgan fingerprint density at radius 2 is 2.10 bits per heavy atom. The molecule has 0 bridgehead atoms. The van der Waals surface area contributed by atoms with Crippen molar-refractivity contribution in [2.75, 3.05) is 13.6 Å². The van der Waals surface area contributed by atoms with E-state index < -0.39 is 6.10 Å². The molecule has 2 aliphatic carbocycles. The van der Waals surface area contributed by atoms with Gasteiger partial charge in [0.2, 0.25) is 11.8 Å². The number of hydrogen-bond donors (Lipinski definition) is 3. The Balaban J connectivity index is 1.53. The summed E-state index contributed by atoms with van der Waals surface area (Å²) in [4.78, 5) is 23.6. The van der Waals surface area contributed by atoms with Crippen LogP contribution in [0.4, 0.5) is 0 Å². The number of ether oxygens (including phenoxy) is 1. The third-order valence-electron chi connectivity index (χ3n) is 6.08. The van der Waals surface area contributed by atoms with Crippen LogP contribution in [-0.4, -0.2) is 52.8 Å². The number of nitrogens with one attached hydrogen (secondary N) is 2. The van der Waals surface area contributed by atoms with E-state index in [4.69, 9.17) is 4.74 Å². The van der Waals surface area contributed by atoms with Crippen LogP contribution in [0.3, 0.4) is 0 Å². The van der Waals surface area contributed by atoms with E-state index in [1.165, 1.54) is 10.4 Å². The second-order valence-corrected chi connectivity index (χ2v) is 9.35. The lowest BCUT2D eigenvalue weighted by Crippen LogP contribution is -2.34.